The molecule has 5 atom stereocenters. The van der Waals surface area contributed by atoms with Crippen molar-refractivity contribution in [2.24, 2.45) is 23.0 Å². The first kappa shape index (κ1) is 28.4. The summed E-state index contributed by atoms with van der Waals surface area (Å²) in [6.07, 6.45) is 5.84. The summed E-state index contributed by atoms with van der Waals surface area (Å²) in [7, 11) is 0. The number of nitrogens with zero attached hydrogens (tertiary/aromatic N) is 1. The Morgan fingerprint density at radius 1 is 1.29 bits per heavy atom. The van der Waals surface area contributed by atoms with E-state index in [4.69, 9.17) is 10.5 Å². The van der Waals surface area contributed by atoms with Gasteiger partial charge in [-0.1, -0.05) is 39.3 Å². The highest BCUT2D eigenvalue weighted by molar-refractivity contribution is 7.09. The van der Waals surface area contributed by atoms with E-state index in [9.17, 15) is 19.8 Å². The van der Waals surface area contributed by atoms with Crippen molar-refractivity contribution in [1.82, 2.24) is 4.98 Å². The largest absolute Gasteiger partial charge is 0.458 e. The van der Waals surface area contributed by atoms with E-state index in [2.05, 4.69) is 11.1 Å². The molecular formula is C26H40N2O5S. The number of rotatable bonds is 3. The number of aliphatic hydroxyl groups excluding tert-OH is 2. The number of aromatic nitrogens is 1. The second-order valence-corrected chi connectivity index (χ2v) is 10.9. The average molecular weight is 493 g/mol. The number of nitrogens with two attached hydrogens (primary N) is 1. The highest BCUT2D eigenvalue weighted by atomic mass is 32.1. The lowest BCUT2D eigenvalue weighted by molar-refractivity contribution is -0.153. The number of thiazole rings is 1. The number of allylic oxidation sites excluding steroid dienone is 1. The van der Waals surface area contributed by atoms with Crippen molar-refractivity contribution in [2.75, 3.05) is 0 Å². The summed E-state index contributed by atoms with van der Waals surface area (Å²) in [5.41, 5.74) is 6.36. The van der Waals surface area contributed by atoms with Gasteiger partial charge in [0.1, 0.15) is 16.9 Å². The molecule has 1 aliphatic heterocycles. The minimum atomic E-state index is -1.22. The molecule has 1 aliphatic rings. The van der Waals surface area contributed by atoms with Gasteiger partial charge >= 0.3 is 5.97 Å². The predicted molar refractivity (Wildman–Crippen MR) is 135 cm³/mol. The highest BCUT2D eigenvalue weighted by Gasteiger charge is 2.42. The average Bonchev–Trinajstić information content (AvgIpc) is 3.26. The quantitative estimate of drug-likeness (QED) is 0.430. The van der Waals surface area contributed by atoms with Crippen LogP contribution < -0.4 is 5.73 Å². The van der Waals surface area contributed by atoms with Crippen molar-refractivity contribution >= 4 is 29.2 Å². The van der Waals surface area contributed by atoms with Crippen molar-refractivity contribution in [3.05, 3.63) is 33.8 Å². The van der Waals surface area contributed by atoms with Crippen molar-refractivity contribution in [1.29, 1.82) is 0 Å². The van der Waals surface area contributed by atoms with Gasteiger partial charge in [0.05, 0.1) is 29.7 Å². The normalized spacial score (nSPS) is 31.8. The van der Waals surface area contributed by atoms with Gasteiger partial charge in [0.2, 0.25) is 0 Å². The number of ketones is 1. The van der Waals surface area contributed by atoms with Crippen LogP contribution in [0.25, 0.3) is 6.08 Å². The standard InChI is InChI=1S/C26H40N2O5S/c1-16-7-6-8-17(2)24(31)18(3)25(32)26(4,5)21(29)13-23(30)33-20(11-9-16)12-10-19-15-34-22(14-27)28-19/h9-10,12,15,17-18,20-21,24,29,31H,6-8,11,13-14,27H2,1-5H3/b12-10+,16-9-/t17-,18+,20-,21-,24-/m0/s1. The summed E-state index contributed by atoms with van der Waals surface area (Å²) >= 11 is 1.47. The van der Waals surface area contributed by atoms with Gasteiger partial charge in [-0.05, 0) is 44.3 Å². The first-order valence-corrected chi connectivity index (χ1v) is 12.9. The van der Waals surface area contributed by atoms with Crippen LogP contribution in [0.2, 0.25) is 0 Å². The van der Waals surface area contributed by atoms with Crippen LogP contribution in [0.1, 0.15) is 77.4 Å². The minimum Gasteiger partial charge on any atom is -0.458 e. The molecule has 0 bridgehead atoms. The lowest BCUT2D eigenvalue weighted by atomic mass is 9.73. The van der Waals surface area contributed by atoms with Crippen LogP contribution in [0.5, 0.6) is 0 Å². The highest BCUT2D eigenvalue weighted by Crippen LogP contribution is 2.32. The molecule has 1 aromatic rings. The Morgan fingerprint density at radius 2 is 2.00 bits per heavy atom. The maximum atomic E-state index is 13.1. The second kappa shape index (κ2) is 12.7. The molecule has 0 radical (unpaired) electrons. The van der Waals surface area contributed by atoms with E-state index in [0.717, 1.165) is 30.0 Å². The zero-order chi connectivity index (χ0) is 25.5. The molecule has 7 nitrogen and oxygen atoms in total. The number of carbonyl (C=O) groups excluding carboxylic acids is 2. The number of esters is 1. The van der Waals surface area contributed by atoms with Crippen LogP contribution in [0.3, 0.4) is 0 Å². The molecular weight excluding hydrogens is 452 g/mol. The van der Waals surface area contributed by atoms with Gasteiger partial charge in [0.25, 0.3) is 0 Å². The fourth-order valence-corrected chi connectivity index (χ4v) is 4.83. The molecule has 4 N–H and O–H groups in total. The minimum absolute atomic E-state index is 0.0511. The van der Waals surface area contributed by atoms with Gasteiger partial charge in [-0.2, -0.15) is 0 Å². The van der Waals surface area contributed by atoms with Crippen molar-refractivity contribution in [3.63, 3.8) is 0 Å². The first-order valence-electron chi connectivity index (χ1n) is 12.0. The maximum Gasteiger partial charge on any atom is 0.309 e. The zero-order valence-corrected chi connectivity index (χ0v) is 21.8. The summed E-state index contributed by atoms with van der Waals surface area (Å²) in [6.45, 7) is 9.29. The van der Waals surface area contributed by atoms with Crippen LogP contribution >= 0.6 is 11.3 Å². The van der Waals surface area contributed by atoms with Crippen molar-refractivity contribution in [2.45, 2.75) is 91.6 Å². The van der Waals surface area contributed by atoms with Crippen molar-refractivity contribution < 1.29 is 24.5 Å². The maximum absolute atomic E-state index is 13.1. The van der Waals surface area contributed by atoms with E-state index in [1.807, 2.05) is 25.3 Å². The smallest absolute Gasteiger partial charge is 0.309 e. The number of Topliss-reactive ketones (excluding diaryl/α,β-unsaturated/α-hetero) is 1. The van der Waals surface area contributed by atoms with Gasteiger partial charge in [-0.15, -0.1) is 11.3 Å². The number of ether oxygens (including phenoxy) is 1. The van der Waals surface area contributed by atoms with Crippen LogP contribution in [0.15, 0.2) is 23.1 Å². The third-order valence-electron chi connectivity index (χ3n) is 6.77. The Bertz CT molecular complexity index is 892. The molecule has 190 valence electrons. The summed E-state index contributed by atoms with van der Waals surface area (Å²) < 4.78 is 5.68. The van der Waals surface area contributed by atoms with Gasteiger partial charge in [0.15, 0.2) is 0 Å². The fraction of sp³-hybridized carbons (Fsp3) is 0.654. The molecule has 0 fully saturated rings. The molecule has 2 heterocycles. The van der Waals surface area contributed by atoms with E-state index >= 15 is 0 Å². The molecule has 34 heavy (non-hydrogen) atoms. The third-order valence-corrected chi connectivity index (χ3v) is 7.66. The lowest BCUT2D eigenvalue weighted by Crippen LogP contribution is -2.45. The molecule has 1 aromatic heterocycles. The molecule has 8 heteroatoms. The number of hydrogen-bond donors (Lipinski definition) is 3. The van der Waals surface area contributed by atoms with E-state index in [0.29, 0.717) is 13.0 Å². The van der Waals surface area contributed by atoms with Gasteiger partial charge in [0, 0.05) is 24.3 Å². The summed E-state index contributed by atoms with van der Waals surface area (Å²) in [4.78, 5) is 30.2. The number of hydrogen-bond acceptors (Lipinski definition) is 8. The summed E-state index contributed by atoms with van der Waals surface area (Å²) in [6, 6.07) is 0. The van der Waals surface area contributed by atoms with E-state index in [-0.39, 0.29) is 18.1 Å². The first-order chi connectivity index (χ1) is 15.9. The topological polar surface area (TPSA) is 123 Å². The summed E-state index contributed by atoms with van der Waals surface area (Å²) in [5, 5.41) is 24.2. The predicted octanol–water partition coefficient (Wildman–Crippen LogP) is 4.03. The monoisotopic (exact) mass is 492 g/mol. The number of cyclic esters (lactones) is 1. The molecule has 0 aliphatic carbocycles. The summed E-state index contributed by atoms with van der Waals surface area (Å²) in [5.74, 6) is -1.54. The molecule has 0 aromatic carbocycles. The Hall–Kier alpha value is -1.87. The van der Waals surface area contributed by atoms with Crippen LogP contribution in [0.4, 0.5) is 0 Å². The Labute approximate surface area is 207 Å². The third kappa shape index (κ3) is 7.83. The SMILES string of the molecule is C/C1=C/C[C@@H](/C=C/c2csc(CN)n2)OC(=O)C[C@H](O)C(C)(C)C(=O)[C@H](C)[C@@H](O)[C@@H](C)CCC1. The van der Waals surface area contributed by atoms with E-state index in [1.165, 1.54) is 16.9 Å². The molecule has 0 saturated carbocycles. The number of carbonyl (C=O) groups is 2. The molecule has 0 saturated heterocycles. The van der Waals surface area contributed by atoms with Crippen LogP contribution in [-0.4, -0.2) is 45.3 Å². The van der Waals surface area contributed by atoms with Gasteiger partial charge in [-0.3, -0.25) is 9.59 Å². The van der Waals surface area contributed by atoms with Crippen LogP contribution in [0, 0.1) is 17.3 Å². The Balaban J connectivity index is 2.26. The fourth-order valence-electron chi connectivity index (χ4n) is 4.19. The van der Waals surface area contributed by atoms with Crippen molar-refractivity contribution in [3.8, 4) is 0 Å². The zero-order valence-electron chi connectivity index (χ0n) is 21.0. The Morgan fingerprint density at radius 3 is 2.65 bits per heavy atom. The van der Waals surface area contributed by atoms with Crippen LogP contribution in [-0.2, 0) is 20.9 Å². The lowest BCUT2D eigenvalue weighted by Gasteiger charge is -2.34. The second-order valence-electron chi connectivity index (χ2n) is 10.00. The molecule has 2 rings (SSSR count). The molecule has 0 spiro atoms. The van der Waals surface area contributed by atoms with E-state index < -0.39 is 35.6 Å². The number of aliphatic hydroxyl groups is 2. The molecule has 0 unspecified atom stereocenters. The van der Waals surface area contributed by atoms with E-state index in [1.54, 1.807) is 26.8 Å². The Kier molecular flexibility index (Phi) is 10.6. The van der Waals surface area contributed by atoms with Gasteiger partial charge in [-0.25, -0.2) is 4.98 Å². The van der Waals surface area contributed by atoms with Gasteiger partial charge < -0.3 is 20.7 Å². The molecule has 0 amide bonds.